The summed E-state index contributed by atoms with van der Waals surface area (Å²) < 4.78 is 27.1. The Kier molecular flexibility index (Phi) is 3.10. The predicted molar refractivity (Wildman–Crippen MR) is 52.3 cm³/mol. The molecule has 5 nitrogen and oxygen atoms in total. The van der Waals surface area contributed by atoms with Crippen molar-refractivity contribution in [3.63, 3.8) is 0 Å². The molecule has 1 aromatic rings. The van der Waals surface area contributed by atoms with Gasteiger partial charge in [-0.25, -0.2) is 13.6 Å². The van der Waals surface area contributed by atoms with Crippen LogP contribution in [-0.2, 0) is 16.6 Å². The van der Waals surface area contributed by atoms with Crippen molar-refractivity contribution < 1.29 is 13.2 Å². The van der Waals surface area contributed by atoms with Crippen molar-refractivity contribution in [1.29, 1.82) is 0 Å². The number of rotatable bonds is 3. The van der Waals surface area contributed by atoms with Gasteiger partial charge in [0.15, 0.2) is 0 Å². The minimum atomic E-state index is -3.76. The highest BCUT2D eigenvalue weighted by Gasteiger charge is 2.14. The van der Waals surface area contributed by atoms with Gasteiger partial charge in [0.25, 0.3) is 0 Å². The zero-order valence-corrected chi connectivity index (χ0v) is 8.54. The van der Waals surface area contributed by atoms with Gasteiger partial charge in [0.2, 0.25) is 10.0 Å². The lowest BCUT2D eigenvalue weighted by molar-refractivity contribution is 0.402. The van der Waals surface area contributed by atoms with Crippen molar-refractivity contribution >= 4 is 10.0 Å². The van der Waals surface area contributed by atoms with Gasteiger partial charge in [0.05, 0.1) is 7.11 Å². The topological polar surface area (TPSA) is 95.4 Å². The van der Waals surface area contributed by atoms with Gasteiger partial charge in [-0.2, -0.15) is 0 Å². The number of hydrogen-bond acceptors (Lipinski definition) is 4. The monoisotopic (exact) mass is 216 g/mol. The fourth-order valence-electron chi connectivity index (χ4n) is 1.07. The lowest BCUT2D eigenvalue weighted by Crippen LogP contribution is -2.14. The summed E-state index contributed by atoms with van der Waals surface area (Å²) in [5, 5.41) is 5.01. The standard InChI is InChI=1S/C8H12N2O3S/c1-13-7-3-2-6(5-9)4-8(7)14(10,11)12/h2-4H,5,9H2,1H3,(H2,10,11,12). The summed E-state index contributed by atoms with van der Waals surface area (Å²) in [4.78, 5) is -0.0389. The van der Waals surface area contributed by atoms with Crippen molar-refractivity contribution in [1.82, 2.24) is 0 Å². The maximum Gasteiger partial charge on any atom is 0.241 e. The first kappa shape index (κ1) is 11.0. The van der Waals surface area contributed by atoms with Gasteiger partial charge in [0, 0.05) is 6.54 Å². The van der Waals surface area contributed by atoms with Crippen molar-refractivity contribution in [3.8, 4) is 5.75 Å². The van der Waals surface area contributed by atoms with Crippen LogP contribution in [-0.4, -0.2) is 15.5 Å². The minimum absolute atomic E-state index is 0.0389. The molecule has 0 amide bonds. The Labute approximate surface area is 82.7 Å². The number of sulfonamides is 1. The zero-order valence-electron chi connectivity index (χ0n) is 7.73. The Balaban J connectivity index is 3.37. The number of methoxy groups -OCH3 is 1. The third kappa shape index (κ3) is 2.22. The molecule has 4 N–H and O–H groups in total. The summed E-state index contributed by atoms with van der Waals surface area (Å²) in [6.45, 7) is 0.256. The lowest BCUT2D eigenvalue weighted by Gasteiger charge is -2.07. The molecule has 0 aliphatic heterocycles. The molecule has 0 heterocycles. The van der Waals surface area contributed by atoms with Gasteiger partial charge in [-0.15, -0.1) is 0 Å². The molecule has 0 radical (unpaired) electrons. The van der Waals surface area contributed by atoms with Crippen LogP contribution in [0.5, 0.6) is 5.75 Å². The summed E-state index contributed by atoms with van der Waals surface area (Å²) in [6.07, 6.45) is 0. The molecule has 0 aliphatic rings. The Morgan fingerprint density at radius 3 is 2.50 bits per heavy atom. The van der Waals surface area contributed by atoms with Crippen molar-refractivity contribution in [3.05, 3.63) is 23.8 Å². The van der Waals surface area contributed by atoms with E-state index in [1.165, 1.54) is 19.2 Å². The molecule has 0 atom stereocenters. The Morgan fingerprint density at radius 2 is 2.07 bits per heavy atom. The summed E-state index contributed by atoms with van der Waals surface area (Å²) in [7, 11) is -2.38. The molecule has 0 spiro atoms. The molecule has 0 unspecified atom stereocenters. The fourth-order valence-corrected chi connectivity index (χ4v) is 1.82. The zero-order chi connectivity index (χ0) is 10.8. The van der Waals surface area contributed by atoms with Crippen LogP contribution in [0.3, 0.4) is 0 Å². The highest BCUT2D eigenvalue weighted by molar-refractivity contribution is 7.89. The largest absolute Gasteiger partial charge is 0.495 e. The number of benzene rings is 1. The third-order valence-corrected chi connectivity index (χ3v) is 2.70. The first-order valence-corrected chi connectivity index (χ1v) is 5.43. The van der Waals surface area contributed by atoms with Crippen LogP contribution in [0.1, 0.15) is 5.56 Å². The van der Waals surface area contributed by atoms with Gasteiger partial charge in [-0.1, -0.05) is 6.07 Å². The lowest BCUT2D eigenvalue weighted by atomic mass is 10.2. The normalized spacial score (nSPS) is 11.4. The molecular formula is C8H12N2O3S. The first-order chi connectivity index (χ1) is 6.49. The molecule has 0 bridgehead atoms. The summed E-state index contributed by atoms with van der Waals surface area (Å²) >= 11 is 0. The third-order valence-electron chi connectivity index (χ3n) is 1.77. The molecule has 0 fully saturated rings. The van der Waals surface area contributed by atoms with E-state index in [0.717, 1.165) is 0 Å². The molecule has 0 aromatic heterocycles. The molecule has 0 aliphatic carbocycles. The van der Waals surface area contributed by atoms with Gasteiger partial charge < -0.3 is 10.5 Å². The molecular weight excluding hydrogens is 204 g/mol. The number of nitrogens with two attached hydrogens (primary N) is 2. The van der Waals surface area contributed by atoms with E-state index < -0.39 is 10.0 Å². The van der Waals surface area contributed by atoms with E-state index in [-0.39, 0.29) is 17.2 Å². The van der Waals surface area contributed by atoms with Gasteiger partial charge in [-0.05, 0) is 17.7 Å². The van der Waals surface area contributed by atoms with Gasteiger partial charge in [-0.3, -0.25) is 0 Å². The minimum Gasteiger partial charge on any atom is -0.495 e. The van der Waals surface area contributed by atoms with Crippen LogP contribution in [0.2, 0.25) is 0 Å². The van der Waals surface area contributed by atoms with Crippen LogP contribution in [0, 0.1) is 0 Å². The Morgan fingerprint density at radius 1 is 1.43 bits per heavy atom. The van der Waals surface area contributed by atoms with Crippen molar-refractivity contribution in [2.24, 2.45) is 10.9 Å². The highest BCUT2D eigenvalue weighted by Crippen LogP contribution is 2.23. The SMILES string of the molecule is COc1ccc(CN)cc1S(N)(=O)=O. The number of hydrogen-bond donors (Lipinski definition) is 2. The first-order valence-electron chi connectivity index (χ1n) is 3.89. The maximum atomic E-state index is 11.1. The maximum absolute atomic E-state index is 11.1. The molecule has 6 heteroatoms. The summed E-state index contributed by atoms with van der Waals surface area (Å²) in [5.74, 6) is 0.227. The van der Waals surface area contributed by atoms with E-state index in [1.807, 2.05) is 0 Å². The molecule has 1 aromatic carbocycles. The summed E-state index contributed by atoms with van der Waals surface area (Å²) in [5.41, 5.74) is 6.07. The molecule has 14 heavy (non-hydrogen) atoms. The van der Waals surface area contributed by atoms with Crippen LogP contribution >= 0.6 is 0 Å². The Hall–Kier alpha value is -1.11. The second kappa shape index (κ2) is 3.95. The highest BCUT2D eigenvalue weighted by atomic mass is 32.2. The predicted octanol–water partition coefficient (Wildman–Crippen LogP) is -0.199. The molecule has 0 saturated heterocycles. The van der Waals surface area contributed by atoms with E-state index in [2.05, 4.69) is 0 Å². The Bertz CT molecular complexity index is 428. The van der Waals surface area contributed by atoms with Crippen LogP contribution < -0.4 is 15.6 Å². The van der Waals surface area contributed by atoms with Crippen molar-refractivity contribution in [2.45, 2.75) is 11.4 Å². The summed E-state index contributed by atoms with van der Waals surface area (Å²) in [6, 6.07) is 4.63. The van der Waals surface area contributed by atoms with E-state index >= 15 is 0 Å². The molecule has 0 saturated carbocycles. The van der Waals surface area contributed by atoms with E-state index in [4.69, 9.17) is 15.6 Å². The number of ether oxygens (including phenoxy) is 1. The van der Waals surface area contributed by atoms with Crippen molar-refractivity contribution in [2.75, 3.05) is 7.11 Å². The second-order valence-corrected chi connectivity index (χ2v) is 4.26. The van der Waals surface area contributed by atoms with Gasteiger partial charge >= 0.3 is 0 Å². The second-order valence-electron chi connectivity index (χ2n) is 2.73. The van der Waals surface area contributed by atoms with Gasteiger partial charge in [0.1, 0.15) is 10.6 Å². The average Bonchev–Trinajstić information content (AvgIpc) is 2.15. The van der Waals surface area contributed by atoms with E-state index in [9.17, 15) is 8.42 Å². The van der Waals surface area contributed by atoms with Crippen LogP contribution in [0.25, 0.3) is 0 Å². The van der Waals surface area contributed by atoms with Crippen LogP contribution in [0.15, 0.2) is 23.1 Å². The van der Waals surface area contributed by atoms with E-state index in [1.54, 1.807) is 6.07 Å². The molecule has 78 valence electrons. The van der Waals surface area contributed by atoms with Crippen LogP contribution in [0.4, 0.5) is 0 Å². The smallest absolute Gasteiger partial charge is 0.241 e. The molecule has 1 rings (SSSR count). The number of primary sulfonamides is 1. The average molecular weight is 216 g/mol. The van der Waals surface area contributed by atoms with E-state index in [0.29, 0.717) is 5.56 Å². The quantitative estimate of drug-likeness (QED) is 0.731. The fraction of sp³-hybridized carbons (Fsp3) is 0.250.